The van der Waals surface area contributed by atoms with E-state index < -0.39 is 0 Å². The SMILES string of the molecule is COC(C)CCCCCC=N. The highest BCUT2D eigenvalue weighted by Gasteiger charge is 1.97. The molecule has 11 heavy (non-hydrogen) atoms. The molecule has 0 aliphatic rings. The van der Waals surface area contributed by atoms with Crippen LogP contribution in [0.2, 0.25) is 0 Å². The third-order valence-electron chi connectivity index (χ3n) is 1.86. The molecule has 0 heterocycles. The minimum atomic E-state index is 0.398. The van der Waals surface area contributed by atoms with Gasteiger partial charge in [0.1, 0.15) is 0 Å². The van der Waals surface area contributed by atoms with Crippen LogP contribution in [-0.2, 0) is 4.74 Å². The average molecular weight is 157 g/mol. The van der Waals surface area contributed by atoms with E-state index in [9.17, 15) is 0 Å². The standard InChI is InChI=1S/C9H19NO/c1-9(11-2)7-5-3-4-6-8-10/h8-10H,3-7H2,1-2H3. The lowest BCUT2D eigenvalue weighted by molar-refractivity contribution is 0.108. The van der Waals surface area contributed by atoms with Gasteiger partial charge in [-0.25, -0.2) is 0 Å². The Bertz CT molecular complexity index is 93.6. The third-order valence-corrected chi connectivity index (χ3v) is 1.86. The lowest BCUT2D eigenvalue weighted by atomic mass is 10.1. The monoisotopic (exact) mass is 157 g/mol. The molecule has 0 radical (unpaired) electrons. The molecule has 0 saturated heterocycles. The van der Waals surface area contributed by atoms with Crippen LogP contribution in [-0.4, -0.2) is 19.4 Å². The number of rotatable bonds is 7. The Hall–Kier alpha value is -0.370. The second-order valence-electron chi connectivity index (χ2n) is 2.89. The largest absolute Gasteiger partial charge is 0.382 e. The fraction of sp³-hybridized carbons (Fsp3) is 0.889. The van der Waals surface area contributed by atoms with Crippen molar-refractivity contribution in [1.29, 1.82) is 5.41 Å². The Morgan fingerprint density at radius 1 is 1.36 bits per heavy atom. The first-order valence-electron chi connectivity index (χ1n) is 4.33. The number of unbranched alkanes of at least 4 members (excludes halogenated alkanes) is 3. The van der Waals surface area contributed by atoms with Gasteiger partial charge in [0.25, 0.3) is 0 Å². The second kappa shape index (κ2) is 7.73. The van der Waals surface area contributed by atoms with Gasteiger partial charge >= 0.3 is 0 Å². The van der Waals surface area contributed by atoms with E-state index in [1.54, 1.807) is 7.11 Å². The van der Waals surface area contributed by atoms with Crippen LogP contribution in [0.1, 0.15) is 39.0 Å². The van der Waals surface area contributed by atoms with E-state index in [1.165, 1.54) is 19.1 Å². The predicted octanol–water partition coefficient (Wildman–Crippen LogP) is 2.62. The summed E-state index contributed by atoms with van der Waals surface area (Å²) in [4.78, 5) is 0. The number of hydrogen-bond acceptors (Lipinski definition) is 2. The zero-order chi connectivity index (χ0) is 8.53. The Kier molecular flexibility index (Phi) is 7.47. The van der Waals surface area contributed by atoms with Gasteiger partial charge in [-0.1, -0.05) is 12.8 Å². The van der Waals surface area contributed by atoms with E-state index >= 15 is 0 Å². The van der Waals surface area contributed by atoms with Gasteiger partial charge in [-0.3, -0.25) is 0 Å². The summed E-state index contributed by atoms with van der Waals surface area (Å²) in [6.45, 7) is 2.09. The van der Waals surface area contributed by atoms with E-state index in [0.717, 1.165) is 19.3 Å². The lowest BCUT2D eigenvalue weighted by Gasteiger charge is -2.07. The molecule has 0 amide bonds. The van der Waals surface area contributed by atoms with Crippen molar-refractivity contribution in [2.24, 2.45) is 0 Å². The minimum absolute atomic E-state index is 0.398. The lowest BCUT2D eigenvalue weighted by Crippen LogP contribution is -2.03. The van der Waals surface area contributed by atoms with Crippen LogP contribution in [0.15, 0.2) is 0 Å². The Morgan fingerprint density at radius 2 is 2.09 bits per heavy atom. The number of nitrogens with one attached hydrogen (secondary N) is 1. The highest BCUT2D eigenvalue weighted by Crippen LogP contribution is 2.06. The van der Waals surface area contributed by atoms with E-state index in [0.29, 0.717) is 6.10 Å². The fourth-order valence-electron chi connectivity index (χ4n) is 0.973. The van der Waals surface area contributed by atoms with Gasteiger partial charge in [-0.2, -0.15) is 0 Å². The summed E-state index contributed by atoms with van der Waals surface area (Å²) in [6, 6.07) is 0. The maximum Gasteiger partial charge on any atom is 0.0543 e. The molecular weight excluding hydrogens is 138 g/mol. The molecule has 0 rings (SSSR count). The molecule has 1 N–H and O–H groups in total. The molecule has 0 spiro atoms. The smallest absolute Gasteiger partial charge is 0.0543 e. The van der Waals surface area contributed by atoms with Crippen LogP contribution in [0.25, 0.3) is 0 Å². The van der Waals surface area contributed by atoms with Gasteiger partial charge in [0.05, 0.1) is 6.10 Å². The predicted molar refractivity (Wildman–Crippen MR) is 48.3 cm³/mol. The second-order valence-corrected chi connectivity index (χ2v) is 2.89. The van der Waals surface area contributed by atoms with Gasteiger partial charge in [0.2, 0.25) is 0 Å². The number of ether oxygens (including phenoxy) is 1. The molecule has 2 nitrogen and oxygen atoms in total. The highest BCUT2D eigenvalue weighted by molar-refractivity contribution is 5.52. The maximum atomic E-state index is 6.81. The van der Waals surface area contributed by atoms with Crippen molar-refractivity contribution in [3.05, 3.63) is 0 Å². The first-order chi connectivity index (χ1) is 5.31. The molecule has 0 aromatic rings. The van der Waals surface area contributed by atoms with Crippen LogP contribution in [0, 0.1) is 5.41 Å². The molecule has 0 bridgehead atoms. The Morgan fingerprint density at radius 3 is 2.64 bits per heavy atom. The highest BCUT2D eigenvalue weighted by atomic mass is 16.5. The van der Waals surface area contributed by atoms with Crippen molar-refractivity contribution in [1.82, 2.24) is 0 Å². The van der Waals surface area contributed by atoms with Crippen LogP contribution in [0.4, 0.5) is 0 Å². The summed E-state index contributed by atoms with van der Waals surface area (Å²) in [5, 5.41) is 6.81. The van der Waals surface area contributed by atoms with Crippen molar-refractivity contribution < 1.29 is 4.74 Å². The number of hydrogen-bond donors (Lipinski definition) is 1. The zero-order valence-electron chi connectivity index (χ0n) is 7.60. The van der Waals surface area contributed by atoms with Gasteiger partial charge in [0.15, 0.2) is 0 Å². The molecule has 0 fully saturated rings. The molecule has 0 aliphatic heterocycles. The van der Waals surface area contributed by atoms with E-state index in [2.05, 4.69) is 6.92 Å². The van der Waals surface area contributed by atoms with Crippen LogP contribution >= 0.6 is 0 Å². The normalized spacial score (nSPS) is 12.9. The number of methoxy groups -OCH3 is 1. The summed E-state index contributed by atoms with van der Waals surface area (Å²) in [5.41, 5.74) is 0. The maximum absolute atomic E-state index is 6.81. The molecule has 0 aromatic heterocycles. The van der Waals surface area contributed by atoms with Crippen molar-refractivity contribution in [3.8, 4) is 0 Å². The van der Waals surface area contributed by atoms with Crippen molar-refractivity contribution >= 4 is 6.21 Å². The van der Waals surface area contributed by atoms with Crippen LogP contribution in [0.3, 0.4) is 0 Å². The van der Waals surface area contributed by atoms with E-state index in [-0.39, 0.29) is 0 Å². The van der Waals surface area contributed by atoms with Crippen LogP contribution in [0.5, 0.6) is 0 Å². The first kappa shape index (κ1) is 10.6. The van der Waals surface area contributed by atoms with Gasteiger partial charge in [-0.05, 0) is 32.4 Å². The van der Waals surface area contributed by atoms with Gasteiger partial charge in [0, 0.05) is 7.11 Å². The fourth-order valence-corrected chi connectivity index (χ4v) is 0.973. The molecule has 0 saturated carbocycles. The summed E-state index contributed by atoms with van der Waals surface area (Å²) in [6.07, 6.45) is 7.57. The average Bonchev–Trinajstić information content (AvgIpc) is 2.04. The van der Waals surface area contributed by atoms with Gasteiger partial charge in [-0.15, -0.1) is 0 Å². The Labute approximate surface area is 69.5 Å². The molecule has 1 atom stereocenters. The van der Waals surface area contributed by atoms with Crippen molar-refractivity contribution in [2.45, 2.75) is 45.1 Å². The zero-order valence-corrected chi connectivity index (χ0v) is 7.60. The Balaban J connectivity index is 2.95. The van der Waals surface area contributed by atoms with E-state index in [4.69, 9.17) is 10.1 Å². The van der Waals surface area contributed by atoms with E-state index in [1.807, 2.05) is 0 Å². The summed E-state index contributed by atoms with van der Waals surface area (Å²) in [5.74, 6) is 0. The van der Waals surface area contributed by atoms with Crippen LogP contribution < -0.4 is 0 Å². The molecular formula is C9H19NO. The summed E-state index contributed by atoms with van der Waals surface area (Å²) >= 11 is 0. The summed E-state index contributed by atoms with van der Waals surface area (Å²) in [7, 11) is 1.75. The first-order valence-corrected chi connectivity index (χ1v) is 4.33. The third kappa shape index (κ3) is 7.53. The quantitative estimate of drug-likeness (QED) is 0.447. The van der Waals surface area contributed by atoms with Gasteiger partial charge < -0.3 is 10.1 Å². The topological polar surface area (TPSA) is 33.1 Å². The molecule has 0 aromatic carbocycles. The van der Waals surface area contributed by atoms with Crippen molar-refractivity contribution in [2.75, 3.05) is 7.11 Å². The minimum Gasteiger partial charge on any atom is -0.382 e. The van der Waals surface area contributed by atoms with Crippen molar-refractivity contribution in [3.63, 3.8) is 0 Å². The molecule has 66 valence electrons. The molecule has 0 aliphatic carbocycles. The summed E-state index contributed by atoms with van der Waals surface area (Å²) < 4.78 is 5.11. The molecule has 2 heteroatoms. The molecule has 1 unspecified atom stereocenters.